The van der Waals surface area contributed by atoms with Crippen LogP contribution in [0.3, 0.4) is 0 Å². The lowest BCUT2D eigenvalue weighted by atomic mass is 9.95. The number of aryl methyl sites for hydroxylation is 2. The van der Waals surface area contributed by atoms with Crippen LogP contribution in [0.1, 0.15) is 53.2 Å². The van der Waals surface area contributed by atoms with E-state index in [4.69, 9.17) is 4.98 Å². The lowest BCUT2D eigenvalue weighted by Gasteiger charge is -2.33. The highest BCUT2D eigenvalue weighted by Gasteiger charge is 2.25. The van der Waals surface area contributed by atoms with Gasteiger partial charge in [0.25, 0.3) is 5.91 Å². The number of rotatable bonds is 3. The number of aromatic nitrogens is 2. The molecule has 27 heavy (non-hydrogen) atoms. The van der Waals surface area contributed by atoms with Crippen LogP contribution in [0.4, 0.5) is 5.82 Å². The number of fused-ring (bicyclic) bond motifs is 1. The van der Waals surface area contributed by atoms with Gasteiger partial charge in [-0.05, 0) is 39.3 Å². The van der Waals surface area contributed by atoms with Crippen LogP contribution in [0.5, 0.6) is 0 Å². The normalized spacial score (nSPS) is 19.6. The highest BCUT2D eigenvalue weighted by molar-refractivity contribution is 7.20. The maximum absolute atomic E-state index is 12.9. The summed E-state index contributed by atoms with van der Waals surface area (Å²) in [4.78, 5) is 28.8. The molecule has 7 heteroatoms. The fraction of sp³-hybridized carbons (Fsp3) is 0.650. The van der Waals surface area contributed by atoms with Crippen molar-refractivity contribution in [3.05, 3.63) is 16.3 Å². The summed E-state index contributed by atoms with van der Waals surface area (Å²) >= 11 is 1.51. The van der Waals surface area contributed by atoms with Crippen LogP contribution in [0, 0.1) is 13.8 Å². The standard InChI is InChI=1S/C20H29N5OS/c1-13-16-18(25-11-9-24(3)10-12-25)21-14(2)22-20(16)27-17(13)19(26)23-15-7-5-4-6-8-15/h15H,4-12H2,1-3H3,(H,23,26). The number of carbonyl (C=O) groups is 1. The first-order valence-corrected chi connectivity index (χ1v) is 10.9. The lowest BCUT2D eigenvalue weighted by Crippen LogP contribution is -2.45. The van der Waals surface area contributed by atoms with Crippen molar-refractivity contribution in [3.8, 4) is 0 Å². The molecule has 0 aromatic carbocycles. The summed E-state index contributed by atoms with van der Waals surface area (Å²) in [5, 5.41) is 4.32. The predicted octanol–water partition coefficient (Wildman–Crippen LogP) is 3.12. The number of hydrogen-bond donors (Lipinski definition) is 1. The molecule has 4 rings (SSSR count). The van der Waals surface area contributed by atoms with Crippen LogP contribution in [-0.2, 0) is 0 Å². The molecule has 146 valence electrons. The second-order valence-electron chi connectivity index (χ2n) is 7.93. The van der Waals surface area contributed by atoms with Gasteiger partial charge in [-0.15, -0.1) is 11.3 Å². The molecule has 1 N–H and O–H groups in total. The molecule has 1 saturated heterocycles. The molecule has 1 aliphatic heterocycles. The molecule has 1 amide bonds. The van der Waals surface area contributed by atoms with Crippen LogP contribution >= 0.6 is 11.3 Å². The minimum atomic E-state index is 0.0596. The van der Waals surface area contributed by atoms with Crippen molar-refractivity contribution in [3.63, 3.8) is 0 Å². The average Bonchev–Trinajstić information content (AvgIpc) is 2.99. The summed E-state index contributed by atoms with van der Waals surface area (Å²) in [6.45, 7) is 7.97. The van der Waals surface area contributed by atoms with Crippen molar-refractivity contribution in [2.45, 2.75) is 52.0 Å². The van der Waals surface area contributed by atoms with Crippen LogP contribution in [0.2, 0.25) is 0 Å². The van der Waals surface area contributed by atoms with Crippen molar-refractivity contribution in [2.75, 3.05) is 38.1 Å². The van der Waals surface area contributed by atoms with Crippen molar-refractivity contribution >= 4 is 33.3 Å². The number of nitrogens with zero attached hydrogens (tertiary/aromatic N) is 4. The number of anilines is 1. The monoisotopic (exact) mass is 387 g/mol. The highest BCUT2D eigenvalue weighted by Crippen LogP contribution is 2.36. The van der Waals surface area contributed by atoms with Crippen LogP contribution in [-0.4, -0.2) is 60.0 Å². The van der Waals surface area contributed by atoms with E-state index in [2.05, 4.69) is 27.1 Å². The van der Waals surface area contributed by atoms with Crippen molar-refractivity contribution in [1.82, 2.24) is 20.2 Å². The van der Waals surface area contributed by atoms with Crippen molar-refractivity contribution in [2.24, 2.45) is 0 Å². The molecule has 0 atom stereocenters. The van der Waals surface area contributed by atoms with Gasteiger partial charge in [-0.1, -0.05) is 19.3 Å². The van der Waals surface area contributed by atoms with E-state index >= 15 is 0 Å². The second kappa shape index (κ2) is 7.72. The number of nitrogens with one attached hydrogen (secondary N) is 1. The number of thiophene rings is 1. The van der Waals surface area contributed by atoms with Crippen molar-refractivity contribution in [1.29, 1.82) is 0 Å². The van der Waals surface area contributed by atoms with Gasteiger partial charge >= 0.3 is 0 Å². The zero-order chi connectivity index (χ0) is 19.0. The van der Waals surface area contributed by atoms with E-state index in [-0.39, 0.29) is 5.91 Å². The minimum Gasteiger partial charge on any atom is -0.353 e. The molecule has 0 radical (unpaired) electrons. The minimum absolute atomic E-state index is 0.0596. The highest BCUT2D eigenvalue weighted by atomic mass is 32.1. The molecule has 0 bridgehead atoms. The second-order valence-corrected chi connectivity index (χ2v) is 8.93. The van der Waals surface area contributed by atoms with Gasteiger partial charge in [0.1, 0.15) is 16.5 Å². The van der Waals surface area contributed by atoms with E-state index in [1.54, 1.807) is 0 Å². The van der Waals surface area contributed by atoms with Gasteiger partial charge in [0.05, 0.1) is 10.3 Å². The summed E-state index contributed by atoms with van der Waals surface area (Å²) in [6, 6.07) is 0.320. The van der Waals surface area contributed by atoms with E-state index in [1.807, 2.05) is 13.8 Å². The summed E-state index contributed by atoms with van der Waals surface area (Å²) < 4.78 is 0. The summed E-state index contributed by atoms with van der Waals surface area (Å²) in [7, 11) is 2.15. The van der Waals surface area contributed by atoms with Crippen LogP contribution < -0.4 is 10.2 Å². The molecule has 2 aromatic heterocycles. The van der Waals surface area contributed by atoms with Gasteiger partial charge in [0.15, 0.2) is 0 Å². The Labute approximate surface area is 165 Å². The smallest absolute Gasteiger partial charge is 0.261 e. The van der Waals surface area contributed by atoms with E-state index < -0.39 is 0 Å². The van der Waals surface area contributed by atoms with Gasteiger partial charge in [0.2, 0.25) is 0 Å². The van der Waals surface area contributed by atoms with Gasteiger partial charge in [-0.2, -0.15) is 0 Å². The molecule has 2 fully saturated rings. The molecule has 1 saturated carbocycles. The quantitative estimate of drug-likeness (QED) is 0.877. The first kappa shape index (κ1) is 18.6. The third kappa shape index (κ3) is 3.80. The first-order chi connectivity index (χ1) is 13.0. The van der Waals surface area contributed by atoms with Gasteiger partial charge in [0, 0.05) is 32.2 Å². The average molecular weight is 388 g/mol. The molecule has 6 nitrogen and oxygen atoms in total. The Morgan fingerprint density at radius 1 is 1.07 bits per heavy atom. The molecule has 2 aromatic rings. The van der Waals surface area contributed by atoms with E-state index in [0.29, 0.717) is 6.04 Å². The molecule has 0 spiro atoms. The van der Waals surface area contributed by atoms with E-state index in [1.165, 1.54) is 30.6 Å². The van der Waals surface area contributed by atoms with Crippen molar-refractivity contribution < 1.29 is 4.79 Å². The number of amides is 1. The Bertz CT molecular complexity index is 834. The first-order valence-electron chi connectivity index (χ1n) is 10.0. The Balaban J connectivity index is 1.66. The Kier molecular flexibility index (Phi) is 5.32. The zero-order valence-electron chi connectivity index (χ0n) is 16.5. The number of likely N-dealkylation sites (N-methyl/N-ethyl adjacent to an activating group) is 1. The SMILES string of the molecule is Cc1nc(N2CCN(C)CC2)c2c(C)c(C(=O)NC3CCCCC3)sc2n1. The fourth-order valence-electron chi connectivity index (χ4n) is 4.18. The molecule has 3 heterocycles. The van der Waals surface area contributed by atoms with Gasteiger partial charge < -0.3 is 15.1 Å². The lowest BCUT2D eigenvalue weighted by molar-refractivity contribution is 0.0931. The Morgan fingerprint density at radius 2 is 1.78 bits per heavy atom. The van der Waals surface area contributed by atoms with Crippen LogP contribution in [0.15, 0.2) is 0 Å². The largest absolute Gasteiger partial charge is 0.353 e. The third-order valence-electron chi connectivity index (χ3n) is 5.83. The molecular formula is C20H29N5OS. The van der Waals surface area contributed by atoms with Gasteiger partial charge in [-0.25, -0.2) is 9.97 Å². The number of carbonyl (C=O) groups excluding carboxylic acids is 1. The van der Waals surface area contributed by atoms with E-state index in [9.17, 15) is 4.79 Å². The topological polar surface area (TPSA) is 61.4 Å². The fourth-order valence-corrected chi connectivity index (χ4v) is 5.31. The maximum Gasteiger partial charge on any atom is 0.261 e. The zero-order valence-corrected chi connectivity index (χ0v) is 17.4. The summed E-state index contributed by atoms with van der Waals surface area (Å²) in [5.41, 5.74) is 1.03. The molecule has 1 aliphatic carbocycles. The maximum atomic E-state index is 12.9. The predicted molar refractivity (Wildman–Crippen MR) is 111 cm³/mol. The molecular weight excluding hydrogens is 358 g/mol. The van der Waals surface area contributed by atoms with E-state index in [0.717, 1.165) is 71.3 Å². The number of hydrogen-bond acceptors (Lipinski definition) is 6. The Hall–Kier alpha value is -1.73. The summed E-state index contributed by atoms with van der Waals surface area (Å²) in [5.74, 6) is 1.83. The Morgan fingerprint density at radius 3 is 2.48 bits per heavy atom. The van der Waals surface area contributed by atoms with Crippen LogP contribution in [0.25, 0.3) is 10.2 Å². The molecule has 0 unspecified atom stereocenters. The third-order valence-corrected chi connectivity index (χ3v) is 7.02. The molecule has 2 aliphatic rings. The number of piperazine rings is 1. The summed E-state index contributed by atoms with van der Waals surface area (Å²) in [6.07, 6.45) is 5.92. The van der Waals surface area contributed by atoms with Gasteiger partial charge in [-0.3, -0.25) is 4.79 Å².